The van der Waals surface area contributed by atoms with Crippen LogP contribution in [0.25, 0.3) is 0 Å². The molecule has 0 radical (unpaired) electrons. The Bertz CT molecular complexity index is 118. The zero-order chi connectivity index (χ0) is 6.57. The molecule has 0 N–H and O–H groups in total. The molecule has 8 heavy (non-hydrogen) atoms. The van der Waals surface area contributed by atoms with Crippen LogP contribution in [-0.4, -0.2) is 0 Å². The molecule has 0 aromatic carbocycles. The van der Waals surface area contributed by atoms with Gasteiger partial charge in [-0.05, 0) is 19.9 Å². The fraction of sp³-hybridized carbons (Fsp3) is 0.333. The van der Waals surface area contributed by atoms with Gasteiger partial charge >= 0.3 is 0 Å². The minimum absolute atomic E-state index is 0.678. The van der Waals surface area contributed by atoms with Crippen molar-refractivity contribution in [1.29, 1.82) is 0 Å². The van der Waals surface area contributed by atoms with Crippen LogP contribution < -0.4 is 0 Å². The number of allylic oxidation sites excluding steroid dienone is 4. The Labute approximate surface area is 59.8 Å². The minimum atomic E-state index is 0.678. The molecule has 0 atom stereocenters. The van der Waals surface area contributed by atoms with Crippen LogP contribution in [-0.2, 0) is 0 Å². The fourth-order valence-electron chi connectivity index (χ4n) is 0.273. The molecule has 0 aromatic heterocycles. The second-order valence-electron chi connectivity index (χ2n) is 1.40. The Morgan fingerprint density at radius 2 is 1.88 bits per heavy atom. The molecule has 0 aliphatic carbocycles. The molecular weight excluding hydrogens is 143 g/mol. The average molecular weight is 151 g/mol. The van der Waals surface area contributed by atoms with Crippen molar-refractivity contribution in [3.8, 4) is 0 Å². The summed E-state index contributed by atoms with van der Waals surface area (Å²) < 4.78 is 0. The van der Waals surface area contributed by atoms with E-state index in [1.807, 2.05) is 6.92 Å². The van der Waals surface area contributed by atoms with Gasteiger partial charge in [-0.15, -0.1) is 0 Å². The summed E-state index contributed by atoms with van der Waals surface area (Å²) in [5, 5.41) is 1.38. The highest BCUT2D eigenvalue weighted by Crippen LogP contribution is 2.08. The van der Waals surface area contributed by atoms with Crippen molar-refractivity contribution in [2.45, 2.75) is 13.8 Å². The Morgan fingerprint density at radius 3 is 2.00 bits per heavy atom. The van der Waals surface area contributed by atoms with Crippen molar-refractivity contribution in [2.24, 2.45) is 0 Å². The lowest BCUT2D eigenvalue weighted by Gasteiger charge is -1.84. The van der Waals surface area contributed by atoms with E-state index in [1.54, 1.807) is 19.1 Å². The topological polar surface area (TPSA) is 0 Å². The summed E-state index contributed by atoms with van der Waals surface area (Å²) in [4.78, 5) is 0. The van der Waals surface area contributed by atoms with E-state index in [4.69, 9.17) is 23.2 Å². The van der Waals surface area contributed by atoms with E-state index in [9.17, 15) is 0 Å². The van der Waals surface area contributed by atoms with Gasteiger partial charge in [-0.2, -0.15) is 0 Å². The first-order valence-corrected chi connectivity index (χ1v) is 3.08. The lowest BCUT2D eigenvalue weighted by atomic mass is 10.4. The Balaban J connectivity index is 3.89. The predicted octanol–water partition coefficient (Wildman–Crippen LogP) is 3.27. The van der Waals surface area contributed by atoms with E-state index < -0.39 is 0 Å². The maximum Gasteiger partial charge on any atom is 0.0374 e. The van der Waals surface area contributed by atoms with Crippen LogP contribution >= 0.6 is 23.2 Å². The molecule has 0 unspecified atom stereocenters. The molecule has 0 aliphatic rings. The van der Waals surface area contributed by atoms with E-state index >= 15 is 0 Å². The maximum absolute atomic E-state index is 5.56. The third kappa shape index (κ3) is 4.23. The van der Waals surface area contributed by atoms with Crippen LogP contribution in [0.1, 0.15) is 13.8 Å². The van der Waals surface area contributed by atoms with E-state index in [-0.39, 0.29) is 0 Å². The molecule has 0 bridgehead atoms. The van der Waals surface area contributed by atoms with Crippen molar-refractivity contribution < 1.29 is 0 Å². The smallest absolute Gasteiger partial charge is 0.0374 e. The quantitative estimate of drug-likeness (QED) is 0.504. The van der Waals surface area contributed by atoms with Crippen molar-refractivity contribution in [3.63, 3.8) is 0 Å². The van der Waals surface area contributed by atoms with Crippen LogP contribution in [0.5, 0.6) is 0 Å². The molecule has 0 saturated heterocycles. The highest BCUT2D eigenvalue weighted by atomic mass is 35.5. The average Bonchev–Trinajstić information content (AvgIpc) is 1.65. The molecule has 0 nitrogen and oxygen atoms in total. The van der Waals surface area contributed by atoms with Crippen LogP contribution in [0, 0.1) is 0 Å². The monoisotopic (exact) mass is 150 g/mol. The Morgan fingerprint density at radius 1 is 1.38 bits per heavy atom. The van der Waals surface area contributed by atoms with E-state index in [2.05, 4.69) is 0 Å². The first-order valence-electron chi connectivity index (χ1n) is 2.32. The molecule has 46 valence electrons. The van der Waals surface area contributed by atoms with Crippen molar-refractivity contribution in [1.82, 2.24) is 0 Å². The number of rotatable bonds is 1. The maximum atomic E-state index is 5.56. The van der Waals surface area contributed by atoms with Gasteiger partial charge in [-0.3, -0.25) is 0 Å². The third-order valence-electron chi connectivity index (χ3n) is 0.613. The highest BCUT2D eigenvalue weighted by Gasteiger charge is 1.81. The summed E-state index contributed by atoms with van der Waals surface area (Å²) in [6.45, 7) is 3.64. The van der Waals surface area contributed by atoms with Gasteiger partial charge in [0.15, 0.2) is 0 Å². The predicted molar refractivity (Wildman–Crippen MR) is 39.2 cm³/mol. The van der Waals surface area contributed by atoms with Gasteiger partial charge in [0.1, 0.15) is 0 Å². The van der Waals surface area contributed by atoms with Crippen molar-refractivity contribution >= 4 is 23.2 Å². The summed E-state index contributed by atoms with van der Waals surface area (Å²) in [5.74, 6) is 0. The van der Waals surface area contributed by atoms with Crippen LogP contribution in [0.2, 0.25) is 0 Å². The zero-order valence-corrected chi connectivity index (χ0v) is 6.42. The van der Waals surface area contributed by atoms with Crippen molar-refractivity contribution in [3.05, 3.63) is 22.2 Å². The summed E-state index contributed by atoms with van der Waals surface area (Å²) in [5.41, 5.74) is 0. The summed E-state index contributed by atoms with van der Waals surface area (Å²) in [7, 11) is 0. The van der Waals surface area contributed by atoms with Gasteiger partial charge < -0.3 is 0 Å². The lowest BCUT2D eigenvalue weighted by Crippen LogP contribution is -1.61. The molecule has 0 heterocycles. The van der Waals surface area contributed by atoms with E-state index in [0.717, 1.165) is 0 Å². The van der Waals surface area contributed by atoms with Crippen LogP contribution in [0.4, 0.5) is 0 Å². The van der Waals surface area contributed by atoms with Gasteiger partial charge in [-0.25, -0.2) is 0 Å². The first kappa shape index (κ1) is 8.06. The Hall–Kier alpha value is 0.0600. The summed E-state index contributed by atoms with van der Waals surface area (Å²) in [6, 6.07) is 0. The minimum Gasteiger partial charge on any atom is -0.0894 e. The lowest BCUT2D eigenvalue weighted by molar-refractivity contribution is 1.61. The van der Waals surface area contributed by atoms with Gasteiger partial charge in [0.2, 0.25) is 0 Å². The molecule has 0 aromatic rings. The second-order valence-corrected chi connectivity index (χ2v) is 2.44. The standard InChI is InChI=1S/C6H8Cl2/c1-3-6(8)4-5(2)7/h3-4H,1-2H3/b5-4-,6-3-. The van der Waals surface area contributed by atoms with Crippen molar-refractivity contribution in [2.75, 3.05) is 0 Å². The third-order valence-corrected chi connectivity index (χ3v) is 1.05. The number of hydrogen-bond acceptors (Lipinski definition) is 0. The summed E-state index contributed by atoms with van der Waals surface area (Å²) >= 11 is 11.0. The molecule has 0 saturated carbocycles. The molecule has 0 rings (SSSR count). The molecule has 0 amide bonds. The fourth-order valence-corrected chi connectivity index (χ4v) is 0.610. The highest BCUT2D eigenvalue weighted by molar-refractivity contribution is 6.34. The zero-order valence-electron chi connectivity index (χ0n) is 4.91. The molecule has 0 aliphatic heterocycles. The second kappa shape index (κ2) is 3.99. The summed E-state index contributed by atoms with van der Waals surface area (Å²) in [6.07, 6.45) is 3.48. The normalized spacial score (nSPS) is 14.5. The molecule has 2 heteroatoms. The van der Waals surface area contributed by atoms with E-state index in [0.29, 0.717) is 10.1 Å². The Kier molecular flexibility index (Phi) is 4.02. The van der Waals surface area contributed by atoms with Gasteiger partial charge in [0.05, 0.1) is 0 Å². The molecule has 0 fully saturated rings. The number of halogens is 2. The molecule has 0 spiro atoms. The van der Waals surface area contributed by atoms with Gasteiger partial charge in [0.25, 0.3) is 0 Å². The largest absolute Gasteiger partial charge is 0.0894 e. The van der Waals surface area contributed by atoms with Gasteiger partial charge in [0, 0.05) is 10.1 Å². The van der Waals surface area contributed by atoms with E-state index in [1.165, 1.54) is 0 Å². The molecular formula is C6H8Cl2. The van der Waals surface area contributed by atoms with Crippen LogP contribution in [0.3, 0.4) is 0 Å². The first-order chi connectivity index (χ1) is 3.66. The van der Waals surface area contributed by atoms with Gasteiger partial charge in [-0.1, -0.05) is 29.3 Å². The SMILES string of the molecule is C/C=C(Cl)/C=C(/C)Cl. The number of hydrogen-bond donors (Lipinski definition) is 0. The van der Waals surface area contributed by atoms with Crippen LogP contribution in [0.15, 0.2) is 22.2 Å².